The van der Waals surface area contributed by atoms with E-state index in [-0.39, 0.29) is 0 Å². The predicted molar refractivity (Wildman–Crippen MR) is 59.7 cm³/mol. The van der Waals surface area contributed by atoms with Crippen LogP contribution in [0, 0.1) is 5.92 Å². The summed E-state index contributed by atoms with van der Waals surface area (Å²) >= 11 is 5.81. The Balaban J connectivity index is 2.01. The third kappa shape index (κ3) is 2.26. The number of hydrogen-bond acceptors (Lipinski definition) is 3. The van der Waals surface area contributed by atoms with E-state index in [9.17, 15) is 0 Å². The van der Waals surface area contributed by atoms with Crippen LogP contribution >= 0.6 is 11.6 Å². The molecule has 4 nitrogen and oxygen atoms in total. The summed E-state index contributed by atoms with van der Waals surface area (Å²) in [6.07, 6.45) is 5.99. The number of aliphatic hydroxyl groups excluding tert-OH is 1. The van der Waals surface area contributed by atoms with Crippen LogP contribution < -0.4 is 5.73 Å². The fourth-order valence-electron chi connectivity index (χ4n) is 2.16. The number of halogens is 1. The Hall–Kier alpha value is -0.740. The van der Waals surface area contributed by atoms with Gasteiger partial charge in [-0.3, -0.25) is 4.68 Å². The molecule has 5 heteroatoms. The summed E-state index contributed by atoms with van der Waals surface area (Å²) in [4.78, 5) is 0. The summed E-state index contributed by atoms with van der Waals surface area (Å²) in [7, 11) is 0. The lowest BCUT2D eigenvalue weighted by molar-refractivity contribution is 0.165. The topological polar surface area (TPSA) is 64.1 Å². The summed E-state index contributed by atoms with van der Waals surface area (Å²) in [5, 5.41) is 13.6. The molecule has 1 fully saturated rings. The van der Waals surface area contributed by atoms with Crippen molar-refractivity contribution in [2.24, 2.45) is 5.92 Å². The third-order valence-corrected chi connectivity index (χ3v) is 3.46. The normalized spacial score (nSPS) is 26.8. The van der Waals surface area contributed by atoms with Crippen molar-refractivity contribution in [1.82, 2.24) is 9.78 Å². The van der Waals surface area contributed by atoms with Crippen molar-refractivity contribution < 1.29 is 5.11 Å². The molecule has 1 saturated carbocycles. The minimum absolute atomic E-state index is 0.300. The summed E-state index contributed by atoms with van der Waals surface area (Å²) in [6.45, 7) is 0.300. The Bertz CT molecular complexity index is 312. The Morgan fingerprint density at radius 3 is 2.60 bits per heavy atom. The molecule has 1 aromatic heterocycles. The second-order valence-corrected chi connectivity index (χ2v) is 4.57. The highest BCUT2D eigenvalue weighted by Gasteiger charge is 2.22. The van der Waals surface area contributed by atoms with Crippen molar-refractivity contribution in [2.75, 3.05) is 12.3 Å². The maximum Gasteiger partial charge on any atom is 0.173 e. The molecule has 0 amide bonds. The Kier molecular flexibility index (Phi) is 3.17. The molecule has 1 aliphatic carbocycles. The molecule has 2 rings (SSSR count). The van der Waals surface area contributed by atoms with Crippen LogP contribution in [0.4, 0.5) is 5.69 Å². The SMILES string of the molecule is Nc1cn(C2CCC(CO)CC2)nc1Cl. The smallest absolute Gasteiger partial charge is 0.173 e. The van der Waals surface area contributed by atoms with Crippen LogP contribution in [0.15, 0.2) is 6.20 Å². The number of nitrogen functional groups attached to an aromatic ring is 1. The van der Waals surface area contributed by atoms with Crippen LogP contribution in [-0.4, -0.2) is 21.5 Å². The van der Waals surface area contributed by atoms with Gasteiger partial charge in [-0.1, -0.05) is 11.6 Å². The third-order valence-electron chi connectivity index (χ3n) is 3.16. The van der Waals surface area contributed by atoms with E-state index in [2.05, 4.69) is 5.10 Å². The standard InChI is InChI=1S/C10H16ClN3O/c11-10-9(12)5-14(13-10)8-3-1-7(6-15)2-4-8/h5,7-8,15H,1-4,6,12H2. The minimum Gasteiger partial charge on any atom is -0.396 e. The van der Waals surface area contributed by atoms with Crippen LogP contribution in [0.2, 0.25) is 5.15 Å². The second kappa shape index (κ2) is 4.41. The van der Waals surface area contributed by atoms with Crippen LogP contribution in [0.25, 0.3) is 0 Å². The van der Waals surface area contributed by atoms with E-state index in [4.69, 9.17) is 22.4 Å². The molecule has 84 valence electrons. The molecule has 0 spiro atoms. The summed E-state index contributed by atoms with van der Waals surface area (Å²) in [5.41, 5.74) is 6.19. The van der Waals surface area contributed by atoms with Gasteiger partial charge in [0.05, 0.1) is 11.7 Å². The summed E-state index contributed by atoms with van der Waals surface area (Å²) in [6, 6.07) is 0.391. The van der Waals surface area contributed by atoms with Gasteiger partial charge < -0.3 is 10.8 Å². The lowest BCUT2D eigenvalue weighted by atomic mass is 9.87. The van der Waals surface area contributed by atoms with Gasteiger partial charge in [0.25, 0.3) is 0 Å². The van der Waals surface area contributed by atoms with Crippen LogP contribution in [0.1, 0.15) is 31.7 Å². The van der Waals surface area contributed by atoms with Crippen molar-refractivity contribution in [2.45, 2.75) is 31.7 Å². The van der Waals surface area contributed by atoms with Gasteiger partial charge >= 0.3 is 0 Å². The quantitative estimate of drug-likeness (QED) is 0.814. The molecular weight excluding hydrogens is 214 g/mol. The molecule has 3 N–H and O–H groups in total. The molecule has 0 radical (unpaired) electrons. The van der Waals surface area contributed by atoms with Gasteiger partial charge in [0, 0.05) is 12.8 Å². The van der Waals surface area contributed by atoms with E-state index in [0.717, 1.165) is 25.7 Å². The fourth-order valence-corrected chi connectivity index (χ4v) is 2.30. The van der Waals surface area contributed by atoms with Crippen molar-refractivity contribution in [3.8, 4) is 0 Å². The molecule has 0 saturated heterocycles. The van der Waals surface area contributed by atoms with E-state index in [0.29, 0.717) is 29.4 Å². The molecule has 1 aliphatic rings. The van der Waals surface area contributed by atoms with Crippen LogP contribution in [0.3, 0.4) is 0 Å². The number of hydrogen-bond donors (Lipinski definition) is 2. The van der Waals surface area contributed by atoms with Crippen LogP contribution in [0.5, 0.6) is 0 Å². The van der Waals surface area contributed by atoms with E-state index in [1.807, 2.05) is 4.68 Å². The van der Waals surface area contributed by atoms with Gasteiger partial charge in [-0.05, 0) is 31.6 Å². The highest BCUT2D eigenvalue weighted by Crippen LogP contribution is 2.32. The van der Waals surface area contributed by atoms with E-state index in [1.165, 1.54) is 0 Å². The number of anilines is 1. The van der Waals surface area contributed by atoms with Crippen molar-refractivity contribution in [3.63, 3.8) is 0 Å². The number of rotatable bonds is 2. The maximum atomic E-state index is 9.03. The molecule has 0 aromatic carbocycles. The molecular formula is C10H16ClN3O. The van der Waals surface area contributed by atoms with E-state index < -0.39 is 0 Å². The lowest BCUT2D eigenvalue weighted by Crippen LogP contribution is -2.20. The van der Waals surface area contributed by atoms with Gasteiger partial charge in [0.2, 0.25) is 0 Å². The fraction of sp³-hybridized carbons (Fsp3) is 0.700. The van der Waals surface area contributed by atoms with Gasteiger partial charge in [-0.15, -0.1) is 0 Å². The Morgan fingerprint density at radius 2 is 2.13 bits per heavy atom. The van der Waals surface area contributed by atoms with Crippen LogP contribution in [-0.2, 0) is 0 Å². The molecule has 0 unspecified atom stereocenters. The average molecular weight is 230 g/mol. The van der Waals surface area contributed by atoms with Gasteiger partial charge in [0.1, 0.15) is 0 Å². The number of nitrogens with zero attached hydrogens (tertiary/aromatic N) is 2. The molecule has 0 aliphatic heterocycles. The van der Waals surface area contributed by atoms with Gasteiger partial charge in [0.15, 0.2) is 5.15 Å². The number of aliphatic hydroxyl groups is 1. The van der Waals surface area contributed by atoms with Gasteiger partial charge in [-0.25, -0.2) is 0 Å². The zero-order valence-electron chi connectivity index (χ0n) is 8.56. The zero-order chi connectivity index (χ0) is 10.8. The first-order valence-corrected chi connectivity index (χ1v) is 5.69. The minimum atomic E-state index is 0.300. The summed E-state index contributed by atoms with van der Waals surface area (Å²) < 4.78 is 1.87. The molecule has 1 aromatic rings. The molecule has 0 atom stereocenters. The van der Waals surface area contributed by atoms with E-state index in [1.54, 1.807) is 6.20 Å². The van der Waals surface area contributed by atoms with Gasteiger partial charge in [-0.2, -0.15) is 5.10 Å². The Morgan fingerprint density at radius 1 is 1.47 bits per heavy atom. The molecule has 15 heavy (non-hydrogen) atoms. The van der Waals surface area contributed by atoms with E-state index >= 15 is 0 Å². The maximum absolute atomic E-state index is 9.03. The second-order valence-electron chi connectivity index (χ2n) is 4.21. The first-order valence-electron chi connectivity index (χ1n) is 5.31. The predicted octanol–water partition coefficient (Wildman–Crippen LogP) is 1.84. The van der Waals surface area contributed by atoms with Crippen molar-refractivity contribution in [1.29, 1.82) is 0 Å². The number of aromatic nitrogens is 2. The Labute approximate surface area is 94.0 Å². The highest BCUT2D eigenvalue weighted by molar-refractivity contribution is 6.31. The van der Waals surface area contributed by atoms with Crippen molar-refractivity contribution in [3.05, 3.63) is 11.3 Å². The number of nitrogens with two attached hydrogens (primary N) is 1. The average Bonchev–Trinajstić information content (AvgIpc) is 2.59. The first-order chi connectivity index (χ1) is 7.20. The molecule has 1 heterocycles. The highest BCUT2D eigenvalue weighted by atomic mass is 35.5. The first kappa shape index (κ1) is 10.8. The molecule has 0 bridgehead atoms. The monoisotopic (exact) mass is 229 g/mol. The van der Waals surface area contributed by atoms with Crippen molar-refractivity contribution >= 4 is 17.3 Å². The largest absolute Gasteiger partial charge is 0.396 e. The summed E-state index contributed by atoms with van der Waals surface area (Å²) in [5.74, 6) is 0.463. The lowest BCUT2D eigenvalue weighted by Gasteiger charge is -2.27. The zero-order valence-corrected chi connectivity index (χ0v) is 9.32.